The van der Waals surface area contributed by atoms with Crippen molar-refractivity contribution in [1.82, 2.24) is 5.32 Å². The molecule has 1 aromatic heterocycles. The molecule has 0 amide bonds. The third-order valence-corrected chi connectivity index (χ3v) is 12.5. The van der Waals surface area contributed by atoms with Gasteiger partial charge < -0.3 is 10.2 Å². The van der Waals surface area contributed by atoms with Crippen molar-refractivity contribution in [3.63, 3.8) is 0 Å². The van der Waals surface area contributed by atoms with E-state index in [4.69, 9.17) is 9.98 Å². The van der Waals surface area contributed by atoms with Gasteiger partial charge in [-0.05, 0) is 91.5 Å². The summed E-state index contributed by atoms with van der Waals surface area (Å²) in [5, 5.41) is 6.41. The maximum absolute atomic E-state index is 5.22. The number of allylic oxidation sites excluding steroid dienone is 6. The number of anilines is 2. The van der Waals surface area contributed by atoms with E-state index in [2.05, 4.69) is 138 Å². The van der Waals surface area contributed by atoms with E-state index < -0.39 is 0 Å². The number of nitrogens with zero attached hydrogens (tertiary/aromatic N) is 3. The van der Waals surface area contributed by atoms with Gasteiger partial charge in [-0.2, -0.15) is 0 Å². The van der Waals surface area contributed by atoms with Crippen LogP contribution in [0, 0.1) is 5.92 Å². The number of benzene rings is 4. The van der Waals surface area contributed by atoms with E-state index in [0.717, 1.165) is 49.3 Å². The molecule has 4 aromatic carbocycles. The Morgan fingerprint density at radius 2 is 1.62 bits per heavy atom. The van der Waals surface area contributed by atoms with Crippen LogP contribution in [0.2, 0.25) is 0 Å². The first-order valence-corrected chi connectivity index (χ1v) is 19.2. The van der Waals surface area contributed by atoms with E-state index in [9.17, 15) is 0 Å². The van der Waals surface area contributed by atoms with Gasteiger partial charge >= 0.3 is 0 Å². The molecule has 4 unspecified atom stereocenters. The van der Waals surface area contributed by atoms with E-state index in [-0.39, 0.29) is 12.1 Å². The summed E-state index contributed by atoms with van der Waals surface area (Å²) in [6.45, 7) is 0. The lowest BCUT2D eigenvalue weighted by molar-refractivity contribution is 0.586. The predicted octanol–water partition coefficient (Wildman–Crippen LogP) is 11.8. The molecule has 50 heavy (non-hydrogen) atoms. The molecule has 246 valence electrons. The van der Waals surface area contributed by atoms with Crippen LogP contribution in [0.15, 0.2) is 149 Å². The second kappa shape index (κ2) is 12.4. The van der Waals surface area contributed by atoms with Crippen molar-refractivity contribution >= 4 is 54.6 Å². The summed E-state index contributed by atoms with van der Waals surface area (Å²) in [6.07, 6.45) is 21.4. The van der Waals surface area contributed by atoms with Crippen LogP contribution in [0.3, 0.4) is 0 Å². The number of fused-ring (bicyclic) bond motifs is 6. The SMILES string of the molecule is C1=CCC(C2=NC(c3ccc(N4C5=CC(c6cccc7c6sc6ccccc67)CCC5c5ccccc54)cc3)N=C(C3=CCCCC3)N2)C=C1. The smallest absolute Gasteiger partial charge is 0.169 e. The fourth-order valence-electron chi connectivity index (χ4n) is 8.77. The van der Waals surface area contributed by atoms with E-state index in [1.165, 1.54) is 66.8 Å². The lowest BCUT2D eigenvalue weighted by Crippen LogP contribution is -2.40. The first kappa shape index (κ1) is 29.9. The summed E-state index contributed by atoms with van der Waals surface area (Å²) in [4.78, 5) is 13.0. The molecule has 10 rings (SSSR count). The number of thiophene rings is 1. The lowest BCUT2D eigenvalue weighted by atomic mass is 9.80. The number of amidine groups is 2. The van der Waals surface area contributed by atoms with Gasteiger partial charge in [0, 0.05) is 55.0 Å². The van der Waals surface area contributed by atoms with Crippen molar-refractivity contribution in [2.24, 2.45) is 15.9 Å². The maximum atomic E-state index is 5.22. The molecule has 3 heterocycles. The number of hydrogen-bond donors (Lipinski definition) is 1. The minimum Gasteiger partial charge on any atom is -0.328 e. The van der Waals surface area contributed by atoms with Gasteiger partial charge in [-0.1, -0.05) is 103 Å². The molecule has 5 aromatic rings. The number of hydrogen-bond acceptors (Lipinski definition) is 5. The summed E-state index contributed by atoms with van der Waals surface area (Å²) in [5.74, 6) is 3.07. The fraction of sp³-hybridized carbons (Fsp3) is 0.244. The Kier molecular flexibility index (Phi) is 7.41. The summed E-state index contributed by atoms with van der Waals surface area (Å²) in [5.41, 5.74) is 9.30. The average Bonchev–Trinajstić information content (AvgIpc) is 3.74. The highest BCUT2D eigenvalue weighted by Gasteiger charge is 2.38. The molecule has 2 aliphatic heterocycles. The average molecular weight is 669 g/mol. The van der Waals surface area contributed by atoms with Crippen LogP contribution in [0.4, 0.5) is 11.4 Å². The van der Waals surface area contributed by atoms with Crippen molar-refractivity contribution in [3.8, 4) is 0 Å². The monoisotopic (exact) mass is 668 g/mol. The molecule has 4 nitrogen and oxygen atoms in total. The zero-order valence-corrected chi connectivity index (χ0v) is 28.9. The van der Waals surface area contributed by atoms with Gasteiger partial charge in [0.25, 0.3) is 0 Å². The van der Waals surface area contributed by atoms with Gasteiger partial charge in [0.1, 0.15) is 11.7 Å². The molecule has 3 aliphatic carbocycles. The highest BCUT2D eigenvalue weighted by atomic mass is 32.1. The molecule has 0 bridgehead atoms. The van der Waals surface area contributed by atoms with Gasteiger partial charge in [0.15, 0.2) is 6.17 Å². The third-order valence-electron chi connectivity index (χ3n) is 11.3. The summed E-state index contributed by atoms with van der Waals surface area (Å²) in [6, 6.07) is 33.9. The van der Waals surface area contributed by atoms with Crippen LogP contribution in [-0.4, -0.2) is 11.7 Å². The van der Waals surface area contributed by atoms with Gasteiger partial charge in [-0.25, -0.2) is 9.98 Å². The minimum atomic E-state index is -0.254. The summed E-state index contributed by atoms with van der Waals surface area (Å²) < 4.78 is 2.81. The largest absolute Gasteiger partial charge is 0.328 e. The second-order valence-corrected chi connectivity index (χ2v) is 15.3. The number of nitrogens with one attached hydrogen (secondary N) is 1. The van der Waals surface area contributed by atoms with Crippen LogP contribution in [-0.2, 0) is 0 Å². The Labute approximate surface area is 298 Å². The molecule has 1 N–H and O–H groups in total. The summed E-state index contributed by atoms with van der Waals surface area (Å²) in [7, 11) is 0. The van der Waals surface area contributed by atoms with Crippen molar-refractivity contribution in [3.05, 3.63) is 155 Å². The first-order chi connectivity index (χ1) is 24.8. The zero-order valence-electron chi connectivity index (χ0n) is 28.1. The highest BCUT2D eigenvalue weighted by Crippen LogP contribution is 2.54. The molecule has 0 saturated heterocycles. The molecule has 5 heteroatoms. The Bertz CT molecular complexity index is 2320. The molecule has 0 spiro atoms. The van der Waals surface area contributed by atoms with Gasteiger partial charge in [0.05, 0.1) is 0 Å². The number of aliphatic imine (C=N–C) groups is 2. The molecule has 0 radical (unpaired) electrons. The van der Waals surface area contributed by atoms with E-state index in [1.54, 1.807) is 0 Å². The Morgan fingerprint density at radius 3 is 2.50 bits per heavy atom. The van der Waals surface area contributed by atoms with Crippen molar-refractivity contribution in [2.45, 2.75) is 62.9 Å². The van der Waals surface area contributed by atoms with Crippen LogP contribution in [0.25, 0.3) is 20.2 Å². The molecule has 0 fully saturated rings. The van der Waals surface area contributed by atoms with E-state index >= 15 is 0 Å². The molecule has 5 aliphatic rings. The van der Waals surface area contributed by atoms with Crippen LogP contribution < -0.4 is 10.2 Å². The zero-order chi connectivity index (χ0) is 33.0. The third kappa shape index (κ3) is 5.10. The molecule has 4 atom stereocenters. The Hall–Kier alpha value is -5.00. The Balaban J connectivity index is 1.02. The topological polar surface area (TPSA) is 40.0 Å². The van der Waals surface area contributed by atoms with Gasteiger partial charge in [-0.3, -0.25) is 0 Å². The van der Waals surface area contributed by atoms with Crippen LogP contribution >= 0.6 is 11.3 Å². The standard InChI is InChI=1S/C45H40N4S/c1-3-12-29(13-4-1)43-46-44(30-14-5-2-6-15-30)48-45(47-43)31-22-25-33(26-23-31)49-39-20-9-7-16-35(39)36-27-24-32(28-40(36)49)34-18-11-19-38-37-17-8-10-21-41(37)50-42(34)38/h1,3-4,7-12,14,16-23,25-26,28-29,32,36,45H,2,5-6,13,15,24,27H2,(H,46,47,48). The number of para-hydroxylation sites is 1. The van der Waals surface area contributed by atoms with Gasteiger partial charge in [-0.15, -0.1) is 11.3 Å². The molecule has 0 saturated carbocycles. The molecular weight excluding hydrogens is 629 g/mol. The second-order valence-electron chi connectivity index (χ2n) is 14.3. The minimum absolute atomic E-state index is 0.249. The van der Waals surface area contributed by atoms with Crippen LogP contribution in [0.1, 0.15) is 79.6 Å². The highest BCUT2D eigenvalue weighted by molar-refractivity contribution is 7.26. The van der Waals surface area contributed by atoms with E-state index in [0.29, 0.717) is 11.8 Å². The van der Waals surface area contributed by atoms with Gasteiger partial charge in [0.2, 0.25) is 0 Å². The van der Waals surface area contributed by atoms with Crippen LogP contribution in [0.5, 0.6) is 0 Å². The summed E-state index contributed by atoms with van der Waals surface area (Å²) >= 11 is 1.95. The quantitative estimate of drug-likeness (QED) is 0.202. The lowest BCUT2D eigenvalue weighted by Gasteiger charge is -2.30. The van der Waals surface area contributed by atoms with Crippen molar-refractivity contribution < 1.29 is 0 Å². The number of rotatable bonds is 5. The maximum Gasteiger partial charge on any atom is 0.169 e. The first-order valence-electron chi connectivity index (χ1n) is 18.3. The van der Waals surface area contributed by atoms with Crippen molar-refractivity contribution in [1.29, 1.82) is 0 Å². The molecular formula is C45H40N4S. The predicted molar refractivity (Wildman–Crippen MR) is 211 cm³/mol. The Morgan fingerprint density at radius 1 is 0.760 bits per heavy atom. The van der Waals surface area contributed by atoms with Crippen molar-refractivity contribution in [2.75, 3.05) is 4.90 Å². The normalized spacial score (nSPS) is 24.3. The fourth-order valence-corrected chi connectivity index (χ4v) is 10.0. The van der Waals surface area contributed by atoms with E-state index in [1.807, 2.05) is 11.3 Å².